The van der Waals surface area contributed by atoms with Gasteiger partial charge in [0.05, 0.1) is 0 Å². The van der Waals surface area contributed by atoms with E-state index >= 15 is 0 Å². The van der Waals surface area contributed by atoms with Gasteiger partial charge >= 0.3 is 0 Å². The highest BCUT2D eigenvalue weighted by molar-refractivity contribution is 5.78. The molecule has 0 N–H and O–H groups in total. The Labute approximate surface area is 148 Å². The van der Waals surface area contributed by atoms with Gasteiger partial charge in [-0.2, -0.15) is 0 Å². The predicted molar refractivity (Wildman–Crippen MR) is 99.3 cm³/mol. The Kier molecular flexibility index (Phi) is 6.71. The van der Waals surface area contributed by atoms with Crippen molar-refractivity contribution in [3.63, 3.8) is 0 Å². The van der Waals surface area contributed by atoms with Gasteiger partial charge in [0.25, 0.3) is 0 Å². The standard InChI is InChI=1S/C20H37N3O/c1-3-10-21-11-6-19(7-12-21)23-15-8-20(9-16-23)22-13-4-18(5-14-22)17(2)24/h18-20H,3-16H2,1-2H3. The molecule has 0 aliphatic carbocycles. The summed E-state index contributed by atoms with van der Waals surface area (Å²) < 4.78 is 0. The van der Waals surface area contributed by atoms with Crippen molar-refractivity contribution in [2.24, 2.45) is 5.92 Å². The maximum absolute atomic E-state index is 11.5. The maximum Gasteiger partial charge on any atom is 0.133 e. The van der Waals surface area contributed by atoms with Crippen LogP contribution in [0.1, 0.15) is 58.8 Å². The van der Waals surface area contributed by atoms with Crippen LogP contribution in [0.2, 0.25) is 0 Å². The van der Waals surface area contributed by atoms with Crippen LogP contribution in [0.5, 0.6) is 0 Å². The van der Waals surface area contributed by atoms with Crippen LogP contribution in [0.3, 0.4) is 0 Å². The first kappa shape index (κ1) is 18.3. The zero-order valence-electron chi connectivity index (χ0n) is 15.9. The lowest BCUT2D eigenvalue weighted by molar-refractivity contribution is -0.122. The number of carbonyl (C=O) groups is 1. The molecule has 0 spiro atoms. The first-order valence-corrected chi connectivity index (χ1v) is 10.4. The van der Waals surface area contributed by atoms with E-state index in [0.29, 0.717) is 11.7 Å². The minimum atomic E-state index is 0.342. The molecule has 3 saturated heterocycles. The highest BCUT2D eigenvalue weighted by atomic mass is 16.1. The van der Waals surface area contributed by atoms with Gasteiger partial charge in [0, 0.05) is 18.0 Å². The molecule has 0 bridgehead atoms. The third kappa shape index (κ3) is 4.59. The molecule has 4 nitrogen and oxygen atoms in total. The van der Waals surface area contributed by atoms with Crippen molar-refractivity contribution in [1.29, 1.82) is 0 Å². The van der Waals surface area contributed by atoms with Crippen molar-refractivity contribution in [2.75, 3.05) is 45.8 Å². The third-order valence-electron chi connectivity index (χ3n) is 6.73. The molecule has 0 aromatic rings. The van der Waals surface area contributed by atoms with Crippen LogP contribution >= 0.6 is 0 Å². The SMILES string of the molecule is CCCN1CCC(N2CCC(N3CCC(C(C)=O)CC3)CC2)CC1. The number of carbonyl (C=O) groups excluding carboxylic acids is 1. The summed E-state index contributed by atoms with van der Waals surface area (Å²) in [7, 11) is 0. The summed E-state index contributed by atoms with van der Waals surface area (Å²) in [4.78, 5) is 19.6. The molecule has 0 unspecified atom stereocenters. The van der Waals surface area contributed by atoms with E-state index in [9.17, 15) is 4.79 Å². The minimum Gasteiger partial charge on any atom is -0.303 e. The van der Waals surface area contributed by atoms with E-state index in [2.05, 4.69) is 21.6 Å². The Morgan fingerprint density at radius 2 is 1.25 bits per heavy atom. The number of Topliss-reactive ketones (excluding diaryl/α,β-unsaturated/α-hetero) is 1. The van der Waals surface area contributed by atoms with E-state index in [0.717, 1.165) is 38.0 Å². The Hall–Kier alpha value is -0.450. The molecular formula is C20H37N3O. The Morgan fingerprint density at radius 3 is 1.71 bits per heavy atom. The lowest BCUT2D eigenvalue weighted by Gasteiger charge is -2.45. The van der Waals surface area contributed by atoms with Gasteiger partial charge in [-0.25, -0.2) is 0 Å². The smallest absolute Gasteiger partial charge is 0.133 e. The number of hydrogen-bond acceptors (Lipinski definition) is 4. The second-order valence-corrected chi connectivity index (χ2v) is 8.26. The highest BCUT2D eigenvalue weighted by Gasteiger charge is 2.32. The fourth-order valence-corrected chi connectivity index (χ4v) is 5.11. The average molecular weight is 336 g/mol. The first-order valence-electron chi connectivity index (χ1n) is 10.4. The number of ketones is 1. The summed E-state index contributed by atoms with van der Waals surface area (Å²) in [6.07, 6.45) is 8.87. The van der Waals surface area contributed by atoms with Crippen LogP contribution in [0.25, 0.3) is 0 Å². The normalized spacial score (nSPS) is 27.6. The summed E-state index contributed by atoms with van der Waals surface area (Å²) in [5.41, 5.74) is 0. The molecule has 0 aromatic carbocycles. The summed E-state index contributed by atoms with van der Waals surface area (Å²) in [6.45, 7) is 12.8. The molecule has 0 amide bonds. The predicted octanol–water partition coefficient (Wildman–Crippen LogP) is 2.63. The van der Waals surface area contributed by atoms with E-state index in [1.807, 2.05) is 0 Å². The molecule has 3 aliphatic heterocycles. The van der Waals surface area contributed by atoms with Gasteiger partial charge in [0.15, 0.2) is 0 Å². The number of nitrogens with zero attached hydrogens (tertiary/aromatic N) is 3. The van der Waals surface area contributed by atoms with Crippen molar-refractivity contribution in [1.82, 2.24) is 14.7 Å². The van der Waals surface area contributed by atoms with Gasteiger partial charge in [-0.15, -0.1) is 0 Å². The average Bonchev–Trinajstić information content (AvgIpc) is 2.63. The van der Waals surface area contributed by atoms with Crippen LogP contribution in [0.4, 0.5) is 0 Å². The van der Waals surface area contributed by atoms with E-state index in [1.165, 1.54) is 64.8 Å². The second kappa shape index (κ2) is 8.77. The van der Waals surface area contributed by atoms with Crippen molar-refractivity contribution in [3.05, 3.63) is 0 Å². The molecule has 0 saturated carbocycles. The molecule has 0 radical (unpaired) electrons. The van der Waals surface area contributed by atoms with Gasteiger partial charge in [0.2, 0.25) is 0 Å². The van der Waals surface area contributed by atoms with Gasteiger partial charge in [-0.3, -0.25) is 4.79 Å². The highest BCUT2D eigenvalue weighted by Crippen LogP contribution is 2.27. The first-order chi connectivity index (χ1) is 11.7. The molecule has 3 aliphatic rings. The molecule has 3 fully saturated rings. The van der Waals surface area contributed by atoms with Gasteiger partial charge in [-0.05, 0) is 97.7 Å². The van der Waals surface area contributed by atoms with E-state index in [-0.39, 0.29) is 0 Å². The topological polar surface area (TPSA) is 26.8 Å². The summed E-state index contributed by atoms with van der Waals surface area (Å²) in [5.74, 6) is 0.744. The van der Waals surface area contributed by atoms with Gasteiger partial charge in [-0.1, -0.05) is 6.92 Å². The number of rotatable bonds is 5. The zero-order chi connectivity index (χ0) is 16.9. The zero-order valence-corrected chi connectivity index (χ0v) is 15.9. The van der Waals surface area contributed by atoms with Crippen molar-refractivity contribution in [2.45, 2.75) is 70.9 Å². The monoisotopic (exact) mass is 335 g/mol. The number of likely N-dealkylation sites (tertiary alicyclic amines) is 3. The Morgan fingerprint density at radius 1 is 0.792 bits per heavy atom. The molecule has 4 heteroatoms. The molecule has 138 valence electrons. The molecule has 3 heterocycles. The van der Waals surface area contributed by atoms with Gasteiger partial charge < -0.3 is 14.7 Å². The van der Waals surface area contributed by atoms with Crippen molar-refractivity contribution < 1.29 is 4.79 Å². The molecule has 0 atom stereocenters. The summed E-state index contributed by atoms with van der Waals surface area (Å²) in [5, 5.41) is 0. The molecular weight excluding hydrogens is 298 g/mol. The van der Waals surface area contributed by atoms with Crippen molar-refractivity contribution >= 4 is 5.78 Å². The second-order valence-electron chi connectivity index (χ2n) is 8.26. The summed E-state index contributed by atoms with van der Waals surface area (Å²) in [6, 6.07) is 1.61. The van der Waals surface area contributed by atoms with Crippen LogP contribution in [0, 0.1) is 5.92 Å². The lowest BCUT2D eigenvalue weighted by Crippen LogP contribution is -2.52. The Bertz CT molecular complexity index is 390. The van der Waals surface area contributed by atoms with Gasteiger partial charge in [0.1, 0.15) is 5.78 Å². The van der Waals surface area contributed by atoms with E-state index < -0.39 is 0 Å². The van der Waals surface area contributed by atoms with Crippen LogP contribution in [-0.4, -0.2) is 78.4 Å². The molecule has 24 heavy (non-hydrogen) atoms. The fourth-order valence-electron chi connectivity index (χ4n) is 5.11. The van der Waals surface area contributed by atoms with E-state index in [1.54, 1.807) is 6.92 Å². The molecule has 0 aromatic heterocycles. The van der Waals surface area contributed by atoms with E-state index in [4.69, 9.17) is 0 Å². The maximum atomic E-state index is 11.5. The Balaban J connectivity index is 1.38. The quantitative estimate of drug-likeness (QED) is 0.772. The molecule has 3 rings (SSSR count). The minimum absolute atomic E-state index is 0.342. The third-order valence-corrected chi connectivity index (χ3v) is 6.73. The summed E-state index contributed by atoms with van der Waals surface area (Å²) >= 11 is 0. The van der Waals surface area contributed by atoms with Crippen molar-refractivity contribution in [3.8, 4) is 0 Å². The fraction of sp³-hybridized carbons (Fsp3) is 0.950. The largest absolute Gasteiger partial charge is 0.303 e. The number of hydrogen-bond donors (Lipinski definition) is 0. The van der Waals surface area contributed by atoms with Crippen LogP contribution in [0.15, 0.2) is 0 Å². The number of piperidine rings is 3. The van der Waals surface area contributed by atoms with Crippen LogP contribution in [-0.2, 0) is 4.79 Å². The lowest BCUT2D eigenvalue weighted by atomic mass is 9.90. The van der Waals surface area contributed by atoms with Crippen LogP contribution < -0.4 is 0 Å².